The molecule has 0 nitrogen and oxygen atoms in total. The lowest BCUT2D eigenvalue weighted by Crippen LogP contribution is -2.12. The summed E-state index contributed by atoms with van der Waals surface area (Å²) in [4.78, 5) is 0. The number of rotatable bonds is 8. The number of halogens is 8. The fourth-order valence-electron chi connectivity index (χ4n) is 3.87. The lowest BCUT2D eigenvalue weighted by Gasteiger charge is -2.12. The van der Waals surface area contributed by atoms with Gasteiger partial charge < -0.3 is 0 Å². The van der Waals surface area contributed by atoms with Crippen LogP contribution in [0.2, 0.25) is 0 Å². The van der Waals surface area contributed by atoms with Gasteiger partial charge in [0.05, 0.1) is 0 Å². The topological polar surface area (TPSA) is 0 Å². The zero-order valence-electron chi connectivity index (χ0n) is 18.3. The molecular weight excluding hydrogens is 464 g/mol. The van der Waals surface area contributed by atoms with Crippen LogP contribution >= 0.6 is 0 Å². The Balaban J connectivity index is 1.66. The average Bonchev–Trinajstić information content (AvgIpc) is 2.71. The molecule has 182 valence electrons. The monoisotopic (exact) mass is 486 g/mol. The van der Waals surface area contributed by atoms with Gasteiger partial charge >= 0.3 is 6.18 Å². The summed E-state index contributed by atoms with van der Waals surface area (Å²) in [7, 11) is 0. The zero-order valence-corrected chi connectivity index (χ0v) is 18.3. The minimum Gasteiger partial charge on any atom is -0.207 e. The molecule has 0 aliphatic heterocycles. The maximum absolute atomic E-state index is 14.5. The SMILES string of the molecule is CCCc1cc(F)c(CCc2ccc(CCc3cc(F)c(C(F)(F)F)c(F)c3)c(F)c2)c(F)c1. The van der Waals surface area contributed by atoms with Crippen LogP contribution in [0.1, 0.15) is 46.7 Å². The van der Waals surface area contributed by atoms with Gasteiger partial charge in [-0.25, -0.2) is 22.0 Å². The van der Waals surface area contributed by atoms with Crippen LogP contribution in [0, 0.1) is 29.1 Å². The zero-order chi connectivity index (χ0) is 25.0. The largest absolute Gasteiger partial charge is 0.422 e. The standard InChI is InChI=1S/C26H22F8/c1-2-3-16-11-21(28)19(22(29)12-16)9-6-15-4-7-18(20(27)10-15)8-5-17-13-23(30)25(24(31)14-17)26(32,33)34/h4,7,10-14H,2-3,5-6,8-9H2,1H3. The van der Waals surface area contributed by atoms with Crippen LogP contribution in [0.25, 0.3) is 0 Å². The Kier molecular flexibility index (Phi) is 8.00. The maximum atomic E-state index is 14.5. The summed E-state index contributed by atoms with van der Waals surface area (Å²) in [5.74, 6) is -5.35. The first-order valence-electron chi connectivity index (χ1n) is 10.8. The van der Waals surface area contributed by atoms with E-state index in [0.717, 1.165) is 6.42 Å². The normalized spacial score (nSPS) is 11.8. The summed E-state index contributed by atoms with van der Waals surface area (Å²) in [6.07, 6.45) is -3.70. The number of benzene rings is 3. The summed E-state index contributed by atoms with van der Waals surface area (Å²) in [6.45, 7) is 1.90. The van der Waals surface area contributed by atoms with Crippen molar-refractivity contribution in [1.29, 1.82) is 0 Å². The number of aryl methyl sites for hydroxylation is 4. The fraction of sp³-hybridized carbons (Fsp3) is 0.308. The second-order valence-electron chi connectivity index (χ2n) is 8.15. The quantitative estimate of drug-likeness (QED) is 0.284. The van der Waals surface area contributed by atoms with E-state index in [0.29, 0.717) is 29.7 Å². The van der Waals surface area contributed by atoms with Crippen LogP contribution in [0.5, 0.6) is 0 Å². The molecule has 0 bridgehead atoms. The van der Waals surface area contributed by atoms with Gasteiger partial charge in [0.25, 0.3) is 0 Å². The molecule has 0 aromatic heterocycles. The Morgan fingerprint density at radius 3 is 1.59 bits per heavy atom. The van der Waals surface area contributed by atoms with Crippen molar-refractivity contribution in [1.82, 2.24) is 0 Å². The number of hydrogen-bond acceptors (Lipinski definition) is 0. The van der Waals surface area contributed by atoms with E-state index < -0.39 is 40.8 Å². The molecule has 0 spiro atoms. The van der Waals surface area contributed by atoms with Crippen LogP contribution in [0.15, 0.2) is 42.5 Å². The van der Waals surface area contributed by atoms with E-state index >= 15 is 0 Å². The van der Waals surface area contributed by atoms with Crippen molar-refractivity contribution in [3.05, 3.63) is 105 Å². The van der Waals surface area contributed by atoms with E-state index in [4.69, 9.17) is 0 Å². The van der Waals surface area contributed by atoms with Crippen molar-refractivity contribution in [3.63, 3.8) is 0 Å². The van der Waals surface area contributed by atoms with Crippen LogP contribution in [-0.4, -0.2) is 0 Å². The molecule has 0 saturated carbocycles. The molecule has 0 atom stereocenters. The van der Waals surface area contributed by atoms with Gasteiger partial charge in [-0.3, -0.25) is 0 Å². The molecule has 0 saturated heterocycles. The molecule has 0 aliphatic carbocycles. The summed E-state index contributed by atoms with van der Waals surface area (Å²) in [5.41, 5.74) is -0.793. The third kappa shape index (κ3) is 6.15. The van der Waals surface area contributed by atoms with E-state index in [1.165, 1.54) is 24.3 Å². The molecule has 0 amide bonds. The highest BCUT2D eigenvalue weighted by Gasteiger charge is 2.37. The van der Waals surface area contributed by atoms with E-state index in [-0.39, 0.29) is 42.4 Å². The Labute approximate surface area is 192 Å². The highest BCUT2D eigenvalue weighted by atomic mass is 19.4. The maximum Gasteiger partial charge on any atom is 0.422 e. The van der Waals surface area contributed by atoms with Crippen molar-refractivity contribution in [3.8, 4) is 0 Å². The molecule has 0 aliphatic rings. The van der Waals surface area contributed by atoms with Crippen molar-refractivity contribution in [2.24, 2.45) is 0 Å². The third-order valence-corrected chi connectivity index (χ3v) is 5.59. The summed E-state index contributed by atoms with van der Waals surface area (Å²) >= 11 is 0. The van der Waals surface area contributed by atoms with Crippen LogP contribution < -0.4 is 0 Å². The van der Waals surface area contributed by atoms with Crippen molar-refractivity contribution in [2.45, 2.75) is 51.6 Å². The molecule has 0 N–H and O–H groups in total. The van der Waals surface area contributed by atoms with Gasteiger partial charge in [-0.2, -0.15) is 13.2 Å². The molecule has 3 aromatic carbocycles. The summed E-state index contributed by atoms with van der Waals surface area (Å²) in [6, 6.07) is 8.02. The van der Waals surface area contributed by atoms with Crippen molar-refractivity contribution in [2.75, 3.05) is 0 Å². The highest BCUT2D eigenvalue weighted by Crippen LogP contribution is 2.34. The minimum absolute atomic E-state index is 0.00148. The molecular formula is C26H22F8. The molecule has 34 heavy (non-hydrogen) atoms. The first-order chi connectivity index (χ1) is 16.0. The Hall–Kier alpha value is -2.90. The predicted octanol–water partition coefficient (Wildman–Crippen LogP) is 7.92. The highest BCUT2D eigenvalue weighted by molar-refractivity contribution is 5.32. The predicted molar refractivity (Wildman–Crippen MR) is 113 cm³/mol. The fourth-order valence-corrected chi connectivity index (χ4v) is 3.87. The molecule has 0 unspecified atom stereocenters. The Morgan fingerprint density at radius 2 is 1.06 bits per heavy atom. The molecule has 3 rings (SSSR count). The van der Waals surface area contributed by atoms with Crippen molar-refractivity contribution >= 4 is 0 Å². The molecule has 8 heteroatoms. The summed E-state index contributed by atoms with van der Waals surface area (Å²) < 4.78 is 108. The molecule has 0 heterocycles. The smallest absolute Gasteiger partial charge is 0.207 e. The van der Waals surface area contributed by atoms with Gasteiger partial charge in [0, 0.05) is 5.56 Å². The van der Waals surface area contributed by atoms with Crippen LogP contribution in [0.4, 0.5) is 35.1 Å². The second kappa shape index (κ2) is 10.6. The number of hydrogen-bond donors (Lipinski definition) is 0. The van der Waals surface area contributed by atoms with E-state index in [1.807, 2.05) is 6.92 Å². The first-order valence-corrected chi connectivity index (χ1v) is 10.8. The molecule has 0 radical (unpaired) electrons. The summed E-state index contributed by atoms with van der Waals surface area (Å²) in [5, 5.41) is 0. The van der Waals surface area contributed by atoms with Gasteiger partial charge in [0.15, 0.2) is 0 Å². The van der Waals surface area contributed by atoms with E-state index in [1.54, 1.807) is 6.07 Å². The Morgan fingerprint density at radius 1 is 0.559 bits per heavy atom. The van der Waals surface area contributed by atoms with E-state index in [2.05, 4.69) is 0 Å². The van der Waals surface area contributed by atoms with Crippen molar-refractivity contribution < 1.29 is 35.1 Å². The van der Waals surface area contributed by atoms with Crippen LogP contribution in [-0.2, 0) is 38.3 Å². The van der Waals surface area contributed by atoms with Gasteiger partial charge in [-0.15, -0.1) is 0 Å². The minimum atomic E-state index is -5.15. The van der Waals surface area contributed by atoms with E-state index in [9.17, 15) is 35.1 Å². The second-order valence-corrected chi connectivity index (χ2v) is 8.15. The number of alkyl halides is 3. The van der Waals surface area contributed by atoms with Crippen LogP contribution in [0.3, 0.4) is 0 Å². The third-order valence-electron chi connectivity index (χ3n) is 5.59. The lowest BCUT2D eigenvalue weighted by atomic mass is 9.98. The Bertz CT molecular complexity index is 1120. The molecule has 0 fully saturated rings. The van der Waals surface area contributed by atoms with Gasteiger partial charge in [0.2, 0.25) is 0 Å². The van der Waals surface area contributed by atoms with Gasteiger partial charge in [-0.1, -0.05) is 25.5 Å². The first kappa shape index (κ1) is 25.7. The molecule has 3 aromatic rings. The van der Waals surface area contributed by atoms with Gasteiger partial charge in [0.1, 0.15) is 34.6 Å². The lowest BCUT2D eigenvalue weighted by molar-refractivity contribution is -0.142. The average molecular weight is 486 g/mol. The van der Waals surface area contributed by atoms with Gasteiger partial charge in [-0.05, 0) is 84.7 Å².